The van der Waals surface area contributed by atoms with E-state index in [-0.39, 0.29) is 5.91 Å². The molecule has 0 N–H and O–H groups in total. The minimum atomic E-state index is 0.185. The van der Waals surface area contributed by atoms with Crippen LogP contribution in [0.4, 0.5) is 0 Å². The molecule has 0 spiro atoms. The lowest BCUT2D eigenvalue weighted by atomic mass is 9.99. The van der Waals surface area contributed by atoms with Crippen LogP contribution in [-0.4, -0.2) is 37.6 Å². The van der Waals surface area contributed by atoms with Crippen molar-refractivity contribution in [3.63, 3.8) is 0 Å². The molecule has 0 fully saturated rings. The van der Waals surface area contributed by atoms with Gasteiger partial charge in [0.15, 0.2) is 0 Å². The third-order valence-corrected chi connectivity index (χ3v) is 3.21. The summed E-state index contributed by atoms with van der Waals surface area (Å²) in [7, 11) is 1.71. The average Bonchev–Trinajstić information content (AvgIpc) is 2.37. The highest BCUT2D eigenvalue weighted by Gasteiger charge is 2.22. The van der Waals surface area contributed by atoms with Gasteiger partial charge in [-0.2, -0.15) is 0 Å². The summed E-state index contributed by atoms with van der Waals surface area (Å²) in [4.78, 5) is 14.1. The first kappa shape index (κ1) is 12.1. The largest absolute Gasteiger partial charge is 0.385 e. The summed E-state index contributed by atoms with van der Waals surface area (Å²) in [5, 5.41) is 0. The summed E-state index contributed by atoms with van der Waals surface area (Å²) in [6, 6.07) is 7.92. The molecule has 2 rings (SSSR count). The Morgan fingerprint density at radius 3 is 2.94 bits per heavy atom. The zero-order valence-electron chi connectivity index (χ0n) is 10.3. The van der Waals surface area contributed by atoms with Gasteiger partial charge in [0.05, 0.1) is 0 Å². The highest BCUT2D eigenvalue weighted by atomic mass is 16.5. The molecule has 0 unspecified atom stereocenters. The number of benzene rings is 1. The zero-order valence-corrected chi connectivity index (χ0v) is 10.3. The van der Waals surface area contributed by atoms with Crippen molar-refractivity contribution in [3.05, 3.63) is 35.4 Å². The molecule has 0 aromatic heterocycles. The monoisotopic (exact) mass is 233 g/mol. The van der Waals surface area contributed by atoms with Gasteiger partial charge < -0.3 is 9.64 Å². The van der Waals surface area contributed by atoms with Gasteiger partial charge in [-0.15, -0.1) is 0 Å². The summed E-state index contributed by atoms with van der Waals surface area (Å²) in [6.45, 7) is 2.47. The number of nitrogens with zero attached hydrogens (tertiary/aromatic N) is 1. The summed E-state index contributed by atoms with van der Waals surface area (Å²) in [5.41, 5.74) is 2.07. The molecular weight excluding hydrogens is 214 g/mol. The number of fused-ring (bicyclic) bond motifs is 1. The fourth-order valence-corrected chi connectivity index (χ4v) is 2.24. The SMILES string of the molecule is COCCCCN1CCc2ccccc2C1=O. The van der Waals surface area contributed by atoms with E-state index in [1.54, 1.807) is 7.11 Å². The van der Waals surface area contributed by atoms with E-state index in [4.69, 9.17) is 4.74 Å². The fourth-order valence-electron chi connectivity index (χ4n) is 2.24. The first-order valence-corrected chi connectivity index (χ1v) is 6.19. The van der Waals surface area contributed by atoms with Crippen molar-refractivity contribution in [2.24, 2.45) is 0 Å². The first-order chi connectivity index (χ1) is 8.33. The van der Waals surface area contributed by atoms with Gasteiger partial charge in [-0.1, -0.05) is 18.2 Å². The highest BCUT2D eigenvalue weighted by molar-refractivity contribution is 5.96. The van der Waals surface area contributed by atoms with Gasteiger partial charge >= 0.3 is 0 Å². The predicted molar refractivity (Wildman–Crippen MR) is 67.2 cm³/mol. The van der Waals surface area contributed by atoms with Gasteiger partial charge in [0.2, 0.25) is 0 Å². The van der Waals surface area contributed by atoms with Crippen molar-refractivity contribution < 1.29 is 9.53 Å². The van der Waals surface area contributed by atoms with Crippen LogP contribution < -0.4 is 0 Å². The fraction of sp³-hybridized carbons (Fsp3) is 0.500. The maximum Gasteiger partial charge on any atom is 0.254 e. The molecule has 0 saturated carbocycles. The third-order valence-electron chi connectivity index (χ3n) is 3.21. The molecule has 1 aromatic carbocycles. The molecule has 17 heavy (non-hydrogen) atoms. The van der Waals surface area contributed by atoms with Gasteiger partial charge in [-0.25, -0.2) is 0 Å². The number of amides is 1. The zero-order chi connectivity index (χ0) is 12.1. The maximum atomic E-state index is 12.2. The molecule has 1 aliphatic rings. The minimum absolute atomic E-state index is 0.185. The Labute approximate surface area is 102 Å². The summed E-state index contributed by atoms with van der Waals surface area (Å²) < 4.78 is 5.01. The quantitative estimate of drug-likeness (QED) is 0.729. The van der Waals surface area contributed by atoms with E-state index in [0.717, 1.165) is 44.5 Å². The van der Waals surface area contributed by atoms with E-state index in [1.165, 1.54) is 5.56 Å². The predicted octanol–water partition coefficient (Wildman–Crippen LogP) is 2.11. The molecule has 1 aliphatic heterocycles. The number of unbranched alkanes of at least 4 members (excludes halogenated alkanes) is 1. The summed E-state index contributed by atoms with van der Waals surface area (Å²) in [6.07, 6.45) is 3.01. The average molecular weight is 233 g/mol. The number of carbonyl (C=O) groups excluding carboxylic acids is 1. The van der Waals surface area contributed by atoms with E-state index in [2.05, 4.69) is 6.07 Å². The Hall–Kier alpha value is -1.35. The van der Waals surface area contributed by atoms with E-state index in [1.807, 2.05) is 23.1 Å². The number of hydrogen-bond donors (Lipinski definition) is 0. The lowest BCUT2D eigenvalue weighted by Gasteiger charge is -2.28. The lowest BCUT2D eigenvalue weighted by molar-refractivity contribution is 0.0732. The maximum absolute atomic E-state index is 12.2. The van der Waals surface area contributed by atoms with Gasteiger partial charge in [0.25, 0.3) is 5.91 Å². The van der Waals surface area contributed by atoms with Crippen molar-refractivity contribution >= 4 is 5.91 Å². The van der Waals surface area contributed by atoms with Crippen LogP contribution in [-0.2, 0) is 11.2 Å². The van der Waals surface area contributed by atoms with E-state index in [0.29, 0.717) is 0 Å². The second kappa shape index (κ2) is 5.82. The number of ether oxygens (including phenoxy) is 1. The van der Waals surface area contributed by atoms with Crippen LogP contribution in [0.2, 0.25) is 0 Å². The van der Waals surface area contributed by atoms with E-state index < -0.39 is 0 Å². The van der Waals surface area contributed by atoms with Gasteiger partial charge in [-0.05, 0) is 30.9 Å². The van der Waals surface area contributed by atoms with E-state index in [9.17, 15) is 4.79 Å². The van der Waals surface area contributed by atoms with Crippen LogP contribution in [0.3, 0.4) is 0 Å². The van der Waals surface area contributed by atoms with Crippen LogP contribution in [0, 0.1) is 0 Å². The third kappa shape index (κ3) is 2.86. The number of rotatable bonds is 5. The van der Waals surface area contributed by atoms with Crippen molar-refractivity contribution in [2.45, 2.75) is 19.3 Å². The number of methoxy groups -OCH3 is 1. The standard InChI is InChI=1S/C14H19NO2/c1-17-11-5-4-9-15-10-8-12-6-2-3-7-13(12)14(15)16/h2-3,6-7H,4-5,8-11H2,1H3. The minimum Gasteiger partial charge on any atom is -0.385 e. The lowest BCUT2D eigenvalue weighted by Crippen LogP contribution is -2.38. The van der Waals surface area contributed by atoms with Crippen molar-refractivity contribution in [2.75, 3.05) is 26.8 Å². The molecule has 92 valence electrons. The second-order valence-corrected chi connectivity index (χ2v) is 4.40. The molecular formula is C14H19NO2. The van der Waals surface area contributed by atoms with Crippen LogP contribution >= 0.6 is 0 Å². The first-order valence-electron chi connectivity index (χ1n) is 6.19. The molecule has 1 aromatic rings. The molecule has 0 atom stereocenters. The molecule has 1 amide bonds. The Kier molecular flexibility index (Phi) is 4.15. The Bertz CT molecular complexity index is 390. The Morgan fingerprint density at radius 1 is 1.29 bits per heavy atom. The van der Waals surface area contributed by atoms with Crippen molar-refractivity contribution in [1.29, 1.82) is 0 Å². The summed E-state index contributed by atoms with van der Waals surface area (Å²) >= 11 is 0. The molecule has 0 radical (unpaired) electrons. The van der Waals surface area contributed by atoms with E-state index >= 15 is 0 Å². The van der Waals surface area contributed by atoms with Gasteiger partial charge in [0, 0.05) is 32.4 Å². The van der Waals surface area contributed by atoms with Crippen LogP contribution in [0.15, 0.2) is 24.3 Å². The second-order valence-electron chi connectivity index (χ2n) is 4.40. The smallest absolute Gasteiger partial charge is 0.254 e. The molecule has 3 nitrogen and oxygen atoms in total. The Balaban J connectivity index is 1.93. The number of carbonyl (C=O) groups is 1. The topological polar surface area (TPSA) is 29.5 Å². The molecule has 0 saturated heterocycles. The normalized spacial score (nSPS) is 14.9. The van der Waals surface area contributed by atoms with Gasteiger partial charge in [-0.3, -0.25) is 4.79 Å². The number of hydrogen-bond acceptors (Lipinski definition) is 2. The van der Waals surface area contributed by atoms with Crippen LogP contribution in [0.5, 0.6) is 0 Å². The van der Waals surface area contributed by atoms with Crippen molar-refractivity contribution in [1.82, 2.24) is 4.90 Å². The van der Waals surface area contributed by atoms with Crippen LogP contribution in [0.25, 0.3) is 0 Å². The molecule has 0 bridgehead atoms. The summed E-state index contributed by atoms with van der Waals surface area (Å²) in [5.74, 6) is 0.185. The Morgan fingerprint density at radius 2 is 2.12 bits per heavy atom. The van der Waals surface area contributed by atoms with Gasteiger partial charge in [0.1, 0.15) is 0 Å². The van der Waals surface area contributed by atoms with Crippen molar-refractivity contribution in [3.8, 4) is 0 Å². The van der Waals surface area contributed by atoms with Crippen LogP contribution in [0.1, 0.15) is 28.8 Å². The molecule has 0 aliphatic carbocycles. The molecule has 1 heterocycles. The molecule has 3 heteroatoms. The highest BCUT2D eigenvalue weighted by Crippen LogP contribution is 2.18.